The summed E-state index contributed by atoms with van der Waals surface area (Å²) in [6.07, 6.45) is 5.93. The number of Topliss-reactive ketones (excluding diaryl/α,β-unsaturated/α-hetero) is 1. The third-order valence-corrected chi connectivity index (χ3v) is 2.78. The average molecular weight is 202 g/mol. The molecule has 0 fully saturated rings. The van der Waals surface area contributed by atoms with Crippen LogP contribution >= 0.6 is 0 Å². The summed E-state index contributed by atoms with van der Waals surface area (Å²) in [7, 11) is 0. The molecule has 0 saturated heterocycles. The van der Waals surface area contributed by atoms with Crippen LogP contribution in [0.5, 0.6) is 0 Å². The summed E-state index contributed by atoms with van der Waals surface area (Å²) in [6.45, 7) is 0. The van der Waals surface area contributed by atoms with Crippen molar-refractivity contribution in [2.45, 2.75) is 19.3 Å². The Bertz CT molecular complexity index is 497. The van der Waals surface area contributed by atoms with Crippen LogP contribution in [0.3, 0.4) is 0 Å². The second-order valence-corrected chi connectivity index (χ2v) is 3.68. The lowest BCUT2D eigenvalue weighted by Crippen LogP contribution is -2.12. The number of ketones is 1. The van der Waals surface area contributed by atoms with Crippen molar-refractivity contribution in [3.8, 4) is 5.82 Å². The Labute approximate surface area is 86.5 Å². The maximum atomic E-state index is 11.6. The summed E-state index contributed by atoms with van der Waals surface area (Å²) in [6, 6.07) is 3.66. The van der Waals surface area contributed by atoms with Crippen LogP contribution in [0.4, 0.5) is 0 Å². The van der Waals surface area contributed by atoms with Gasteiger partial charge in [-0.2, -0.15) is 0 Å². The molecule has 0 amide bonds. The molecule has 15 heavy (non-hydrogen) atoms. The van der Waals surface area contributed by atoms with Crippen LogP contribution < -0.4 is 0 Å². The van der Waals surface area contributed by atoms with Crippen LogP contribution in [0.2, 0.25) is 0 Å². The van der Waals surface area contributed by atoms with Crippen molar-refractivity contribution in [3.05, 3.63) is 35.9 Å². The molecule has 0 atom stereocenters. The summed E-state index contributed by atoms with van der Waals surface area (Å²) in [4.78, 5) is 11.6. The first-order valence-corrected chi connectivity index (χ1v) is 5.00. The summed E-state index contributed by atoms with van der Waals surface area (Å²) in [5.74, 6) is 0.976. The van der Waals surface area contributed by atoms with Crippen LogP contribution in [0, 0.1) is 0 Å². The highest BCUT2D eigenvalue weighted by Crippen LogP contribution is 2.24. The molecular weight excluding hydrogens is 192 g/mol. The number of hydrogen-bond acceptors (Lipinski definition) is 3. The molecule has 4 heteroatoms. The van der Waals surface area contributed by atoms with Gasteiger partial charge < -0.3 is 9.09 Å². The van der Waals surface area contributed by atoms with Gasteiger partial charge in [-0.15, -0.1) is 0 Å². The first-order valence-electron chi connectivity index (χ1n) is 5.00. The topological polar surface area (TPSA) is 48.0 Å². The fourth-order valence-corrected chi connectivity index (χ4v) is 2.07. The van der Waals surface area contributed by atoms with E-state index < -0.39 is 0 Å². The van der Waals surface area contributed by atoms with Crippen molar-refractivity contribution in [2.75, 3.05) is 0 Å². The molecule has 1 aliphatic carbocycles. The predicted octanol–water partition coefficient (Wildman–Crippen LogP) is 1.98. The minimum absolute atomic E-state index is 0.235. The molecule has 3 rings (SSSR count). The van der Waals surface area contributed by atoms with Crippen LogP contribution in [-0.2, 0) is 6.42 Å². The Balaban J connectivity index is 2.15. The Morgan fingerprint density at radius 3 is 3.07 bits per heavy atom. The van der Waals surface area contributed by atoms with Gasteiger partial charge in [-0.25, -0.2) is 0 Å². The van der Waals surface area contributed by atoms with Gasteiger partial charge in [0.05, 0.1) is 0 Å². The molecule has 0 aliphatic heterocycles. The molecule has 0 aromatic carbocycles. The van der Waals surface area contributed by atoms with Gasteiger partial charge in [-0.05, 0) is 18.9 Å². The molecule has 0 bridgehead atoms. The molecule has 2 aromatic heterocycles. The highest BCUT2D eigenvalue weighted by Gasteiger charge is 2.21. The van der Waals surface area contributed by atoms with Gasteiger partial charge in [0.15, 0.2) is 11.6 Å². The maximum absolute atomic E-state index is 11.6. The monoisotopic (exact) mass is 202 g/mol. The molecule has 0 saturated carbocycles. The van der Waals surface area contributed by atoms with E-state index in [2.05, 4.69) is 5.16 Å². The molecule has 0 N–H and O–H groups in total. The van der Waals surface area contributed by atoms with E-state index in [0.717, 1.165) is 29.9 Å². The lowest BCUT2D eigenvalue weighted by molar-refractivity contribution is 0.0972. The van der Waals surface area contributed by atoms with Crippen molar-refractivity contribution in [2.24, 2.45) is 0 Å². The largest absolute Gasteiger partial charge is 0.363 e. The smallest absolute Gasteiger partial charge is 0.180 e. The Hall–Kier alpha value is -1.84. The predicted molar refractivity (Wildman–Crippen MR) is 53.1 cm³/mol. The lowest BCUT2D eigenvalue weighted by Gasteiger charge is -2.12. The third kappa shape index (κ3) is 1.21. The summed E-state index contributed by atoms with van der Waals surface area (Å²) < 4.78 is 6.73. The van der Waals surface area contributed by atoms with Gasteiger partial charge in [0.2, 0.25) is 0 Å². The van der Waals surface area contributed by atoms with E-state index in [0.29, 0.717) is 6.42 Å². The Morgan fingerprint density at radius 2 is 2.27 bits per heavy atom. The maximum Gasteiger partial charge on any atom is 0.180 e. The van der Waals surface area contributed by atoms with Crippen LogP contribution in [0.15, 0.2) is 29.1 Å². The first kappa shape index (κ1) is 8.47. The van der Waals surface area contributed by atoms with Gasteiger partial charge in [-0.1, -0.05) is 5.16 Å². The normalized spacial score (nSPS) is 15.3. The number of fused-ring (bicyclic) bond motifs is 1. The van der Waals surface area contributed by atoms with E-state index in [4.69, 9.17) is 4.52 Å². The van der Waals surface area contributed by atoms with E-state index in [9.17, 15) is 4.79 Å². The molecule has 4 nitrogen and oxygen atoms in total. The van der Waals surface area contributed by atoms with Gasteiger partial charge in [-0.3, -0.25) is 4.79 Å². The number of hydrogen-bond donors (Lipinski definition) is 0. The third-order valence-electron chi connectivity index (χ3n) is 2.78. The van der Waals surface area contributed by atoms with E-state index in [1.54, 1.807) is 6.07 Å². The second-order valence-electron chi connectivity index (χ2n) is 3.68. The van der Waals surface area contributed by atoms with Crippen molar-refractivity contribution < 1.29 is 9.32 Å². The zero-order chi connectivity index (χ0) is 10.3. The molecule has 1 aliphatic rings. The molecule has 0 unspecified atom stereocenters. The summed E-state index contributed by atoms with van der Waals surface area (Å²) in [5, 5.41) is 3.87. The highest BCUT2D eigenvalue weighted by atomic mass is 16.5. The van der Waals surface area contributed by atoms with Crippen molar-refractivity contribution in [3.63, 3.8) is 0 Å². The molecule has 0 spiro atoms. The number of aromatic nitrogens is 2. The molecular formula is C11H10N2O2. The molecule has 2 aromatic rings. The number of carbonyl (C=O) groups is 1. The highest BCUT2D eigenvalue weighted by molar-refractivity contribution is 5.98. The minimum Gasteiger partial charge on any atom is -0.363 e. The van der Waals surface area contributed by atoms with Gasteiger partial charge >= 0.3 is 0 Å². The lowest BCUT2D eigenvalue weighted by atomic mass is 9.97. The van der Waals surface area contributed by atoms with Gasteiger partial charge in [0, 0.05) is 29.9 Å². The molecule has 76 valence electrons. The van der Waals surface area contributed by atoms with Gasteiger partial charge in [0.1, 0.15) is 6.26 Å². The second kappa shape index (κ2) is 3.08. The van der Waals surface area contributed by atoms with E-state index in [-0.39, 0.29) is 5.78 Å². The van der Waals surface area contributed by atoms with Crippen molar-refractivity contribution in [1.82, 2.24) is 9.72 Å². The van der Waals surface area contributed by atoms with E-state index in [1.165, 1.54) is 6.26 Å². The zero-order valence-electron chi connectivity index (χ0n) is 8.14. The number of carbonyl (C=O) groups excluding carboxylic acids is 1. The fourth-order valence-electron chi connectivity index (χ4n) is 2.07. The van der Waals surface area contributed by atoms with Crippen molar-refractivity contribution in [1.29, 1.82) is 0 Å². The van der Waals surface area contributed by atoms with E-state index in [1.807, 2.05) is 16.8 Å². The minimum atomic E-state index is 0.235. The SMILES string of the molecule is O=C1CCCc2c1ccn2-c1ccon1. The fraction of sp³-hybridized carbons (Fsp3) is 0.273. The van der Waals surface area contributed by atoms with Gasteiger partial charge in [0.25, 0.3) is 0 Å². The van der Waals surface area contributed by atoms with Crippen LogP contribution in [-0.4, -0.2) is 15.5 Å². The number of rotatable bonds is 1. The van der Waals surface area contributed by atoms with E-state index >= 15 is 0 Å². The molecule has 2 heterocycles. The quantitative estimate of drug-likeness (QED) is 0.710. The van der Waals surface area contributed by atoms with Crippen LogP contribution in [0.1, 0.15) is 28.9 Å². The first-order chi connectivity index (χ1) is 7.36. The average Bonchev–Trinajstić information content (AvgIpc) is 2.85. The summed E-state index contributed by atoms with van der Waals surface area (Å²) >= 11 is 0. The Morgan fingerprint density at radius 1 is 1.33 bits per heavy atom. The molecule has 0 radical (unpaired) electrons. The van der Waals surface area contributed by atoms with Crippen LogP contribution in [0.25, 0.3) is 5.82 Å². The van der Waals surface area contributed by atoms with Crippen molar-refractivity contribution >= 4 is 5.78 Å². The number of nitrogens with zero attached hydrogens (tertiary/aromatic N) is 2. The Kier molecular flexibility index (Phi) is 1.74. The zero-order valence-corrected chi connectivity index (χ0v) is 8.14. The standard InChI is InChI=1S/C11H10N2O2/c14-10-3-1-2-9-8(10)4-6-13(9)11-5-7-15-12-11/h4-7H,1-3H2. The summed E-state index contributed by atoms with van der Waals surface area (Å²) in [5.41, 5.74) is 1.89.